The van der Waals surface area contributed by atoms with Crippen molar-refractivity contribution >= 4 is 29.9 Å². The number of nitrogens with zero attached hydrogens (tertiary/aromatic N) is 2. The first-order valence-electron chi connectivity index (χ1n) is 6.92. The van der Waals surface area contributed by atoms with E-state index in [-0.39, 0.29) is 24.0 Å². The Hall–Kier alpha value is -0.0400. The van der Waals surface area contributed by atoms with Crippen LogP contribution >= 0.6 is 24.0 Å². The molecule has 0 radical (unpaired) electrons. The Bertz CT molecular complexity index is 276. The smallest absolute Gasteiger partial charge is 0.188 e. The van der Waals surface area contributed by atoms with Crippen molar-refractivity contribution in [2.45, 2.75) is 39.2 Å². The summed E-state index contributed by atoms with van der Waals surface area (Å²) in [6.45, 7) is 9.09. The van der Waals surface area contributed by atoms with Crippen LogP contribution in [0.25, 0.3) is 0 Å². The highest BCUT2D eigenvalue weighted by Gasteiger charge is 2.23. The van der Waals surface area contributed by atoms with Crippen molar-refractivity contribution in [2.75, 3.05) is 26.2 Å². The van der Waals surface area contributed by atoms with Crippen LogP contribution in [0.3, 0.4) is 0 Å². The fraction of sp³-hybridized carbons (Fsp3) is 0.923. The lowest BCUT2D eigenvalue weighted by Crippen LogP contribution is -2.34. The van der Waals surface area contributed by atoms with Crippen LogP contribution in [0, 0.1) is 11.8 Å². The van der Waals surface area contributed by atoms with Gasteiger partial charge in [0.2, 0.25) is 0 Å². The first-order chi connectivity index (χ1) is 8.13. The lowest BCUT2D eigenvalue weighted by molar-refractivity contribution is 0.288. The number of likely N-dealkylation sites (tertiary alicyclic amines) is 1. The van der Waals surface area contributed by atoms with Crippen molar-refractivity contribution in [3.63, 3.8) is 0 Å². The fourth-order valence-electron chi connectivity index (χ4n) is 2.45. The minimum absolute atomic E-state index is 0. The van der Waals surface area contributed by atoms with Crippen LogP contribution in [0.5, 0.6) is 0 Å². The summed E-state index contributed by atoms with van der Waals surface area (Å²) in [4.78, 5) is 7.01. The van der Waals surface area contributed by atoms with Gasteiger partial charge in [0, 0.05) is 25.7 Å². The second-order valence-electron chi connectivity index (χ2n) is 5.95. The Kier molecular flexibility index (Phi) is 6.70. The lowest BCUT2D eigenvalue weighted by atomic mass is 10.1. The van der Waals surface area contributed by atoms with E-state index in [9.17, 15) is 0 Å². The number of rotatable bonds is 5. The third kappa shape index (κ3) is 5.73. The zero-order valence-electron chi connectivity index (χ0n) is 11.6. The molecular weight excluding hydrogens is 339 g/mol. The van der Waals surface area contributed by atoms with Crippen molar-refractivity contribution in [2.24, 2.45) is 22.6 Å². The van der Waals surface area contributed by atoms with Crippen LogP contribution < -0.4 is 11.1 Å². The molecule has 2 fully saturated rings. The van der Waals surface area contributed by atoms with Crippen LogP contribution in [0.2, 0.25) is 0 Å². The van der Waals surface area contributed by atoms with Gasteiger partial charge in [0.05, 0.1) is 0 Å². The van der Waals surface area contributed by atoms with Gasteiger partial charge >= 0.3 is 0 Å². The summed E-state index contributed by atoms with van der Waals surface area (Å²) in [7, 11) is 0. The van der Waals surface area contributed by atoms with E-state index in [0.29, 0.717) is 17.9 Å². The molecular formula is C13H27IN4. The van der Waals surface area contributed by atoms with Gasteiger partial charge in [-0.05, 0) is 37.6 Å². The number of guanidine groups is 1. The van der Waals surface area contributed by atoms with Crippen molar-refractivity contribution < 1.29 is 0 Å². The van der Waals surface area contributed by atoms with Crippen LogP contribution in [0.15, 0.2) is 4.99 Å². The first kappa shape index (κ1) is 16.0. The molecule has 1 aliphatic heterocycles. The van der Waals surface area contributed by atoms with Crippen LogP contribution in [-0.4, -0.2) is 43.1 Å². The van der Waals surface area contributed by atoms with Gasteiger partial charge in [0.15, 0.2) is 5.96 Å². The summed E-state index contributed by atoms with van der Waals surface area (Å²) >= 11 is 0. The molecule has 1 heterocycles. The van der Waals surface area contributed by atoms with Gasteiger partial charge in [0.1, 0.15) is 0 Å². The summed E-state index contributed by atoms with van der Waals surface area (Å²) in [5.41, 5.74) is 5.83. The van der Waals surface area contributed by atoms with Gasteiger partial charge in [-0.3, -0.25) is 4.99 Å². The van der Waals surface area contributed by atoms with E-state index < -0.39 is 0 Å². The first-order valence-corrected chi connectivity index (χ1v) is 6.92. The molecule has 0 aromatic rings. The van der Waals surface area contributed by atoms with Gasteiger partial charge in [0.25, 0.3) is 0 Å². The van der Waals surface area contributed by atoms with E-state index in [1.54, 1.807) is 0 Å². The molecule has 106 valence electrons. The summed E-state index contributed by atoms with van der Waals surface area (Å²) in [6.07, 6.45) is 3.77. The Morgan fingerprint density at radius 3 is 2.72 bits per heavy atom. The average molecular weight is 366 g/mol. The molecule has 3 N–H and O–H groups in total. The molecule has 1 saturated carbocycles. The molecule has 2 aliphatic rings. The van der Waals surface area contributed by atoms with Gasteiger partial charge in [-0.2, -0.15) is 0 Å². The third-order valence-electron chi connectivity index (χ3n) is 3.44. The van der Waals surface area contributed by atoms with Crippen molar-refractivity contribution in [3.8, 4) is 0 Å². The lowest BCUT2D eigenvalue weighted by Gasteiger charge is -2.17. The molecule has 0 aromatic heterocycles. The zero-order chi connectivity index (χ0) is 12.3. The number of hydrogen-bond donors (Lipinski definition) is 2. The van der Waals surface area contributed by atoms with Gasteiger partial charge in [-0.25, -0.2) is 0 Å². The molecule has 0 amide bonds. The largest absolute Gasteiger partial charge is 0.370 e. The summed E-state index contributed by atoms with van der Waals surface area (Å²) in [5.74, 6) is 2.11. The molecule has 0 spiro atoms. The Balaban J connectivity index is 0.00000162. The van der Waals surface area contributed by atoms with Crippen molar-refractivity contribution in [3.05, 3.63) is 0 Å². The molecule has 1 atom stereocenters. The molecule has 18 heavy (non-hydrogen) atoms. The minimum atomic E-state index is 0. The minimum Gasteiger partial charge on any atom is -0.370 e. The number of nitrogens with one attached hydrogen (secondary N) is 1. The average Bonchev–Trinajstić information content (AvgIpc) is 2.94. The Labute approximate surface area is 128 Å². The molecule has 1 saturated heterocycles. The predicted molar refractivity (Wildman–Crippen MR) is 87.4 cm³/mol. The number of nitrogens with two attached hydrogens (primary N) is 1. The molecule has 4 nitrogen and oxygen atoms in total. The van der Waals surface area contributed by atoms with Gasteiger partial charge < -0.3 is 16.0 Å². The second kappa shape index (κ2) is 7.53. The van der Waals surface area contributed by atoms with E-state index in [0.717, 1.165) is 12.5 Å². The molecule has 5 heteroatoms. The summed E-state index contributed by atoms with van der Waals surface area (Å²) in [6, 6.07) is 0.611. The van der Waals surface area contributed by atoms with E-state index >= 15 is 0 Å². The topological polar surface area (TPSA) is 53.6 Å². The standard InChI is InChI=1S/C13H26N4.HI/c1-10(2)8-17-6-5-11(9-17)7-15-13(14)16-12-3-4-12;/h10-12H,3-9H2,1-2H3,(H3,14,15,16);1H. The summed E-state index contributed by atoms with van der Waals surface area (Å²) < 4.78 is 0. The van der Waals surface area contributed by atoms with Gasteiger partial charge in [-0.1, -0.05) is 13.8 Å². The van der Waals surface area contributed by atoms with E-state index in [4.69, 9.17) is 5.73 Å². The van der Waals surface area contributed by atoms with E-state index in [1.165, 1.54) is 38.9 Å². The Morgan fingerprint density at radius 2 is 2.11 bits per heavy atom. The zero-order valence-corrected chi connectivity index (χ0v) is 13.9. The van der Waals surface area contributed by atoms with Crippen molar-refractivity contribution in [1.29, 1.82) is 0 Å². The summed E-state index contributed by atoms with van der Waals surface area (Å²) in [5, 5.41) is 3.24. The van der Waals surface area contributed by atoms with E-state index in [1.807, 2.05) is 0 Å². The molecule has 1 aliphatic carbocycles. The second-order valence-corrected chi connectivity index (χ2v) is 5.95. The fourth-order valence-corrected chi connectivity index (χ4v) is 2.45. The highest BCUT2D eigenvalue weighted by Crippen LogP contribution is 2.19. The quantitative estimate of drug-likeness (QED) is 0.442. The molecule has 0 bridgehead atoms. The van der Waals surface area contributed by atoms with E-state index in [2.05, 4.69) is 29.1 Å². The maximum absolute atomic E-state index is 5.83. The monoisotopic (exact) mass is 366 g/mol. The SMILES string of the molecule is CC(C)CN1CCC(CN=C(N)NC2CC2)C1.I. The third-order valence-corrected chi connectivity index (χ3v) is 3.44. The highest BCUT2D eigenvalue weighted by atomic mass is 127. The number of halogens is 1. The highest BCUT2D eigenvalue weighted by molar-refractivity contribution is 14.0. The number of aliphatic imine (C=N–C) groups is 1. The molecule has 1 unspecified atom stereocenters. The van der Waals surface area contributed by atoms with Crippen LogP contribution in [0.4, 0.5) is 0 Å². The Morgan fingerprint density at radius 1 is 1.39 bits per heavy atom. The molecule has 2 rings (SSSR count). The maximum Gasteiger partial charge on any atom is 0.188 e. The maximum atomic E-state index is 5.83. The number of hydrogen-bond acceptors (Lipinski definition) is 2. The van der Waals surface area contributed by atoms with Crippen molar-refractivity contribution in [1.82, 2.24) is 10.2 Å². The van der Waals surface area contributed by atoms with Gasteiger partial charge in [-0.15, -0.1) is 24.0 Å². The predicted octanol–water partition coefficient (Wildman–Crippen LogP) is 1.65. The van der Waals surface area contributed by atoms with Crippen LogP contribution in [-0.2, 0) is 0 Å². The normalized spacial score (nSPS) is 25.3. The molecule has 0 aromatic carbocycles. The van der Waals surface area contributed by atoms with Crippen LogP contribution in [0.1, 0.15) is 33.1 Å².